The number of hydrogen-bond donors (Lipinski definition) is 0. The molecule has 0 atom stereocenters. The lowest BCUT2D eigenvalue weighted by molar-refractivity contribution is -2.00. The molecule has 0 N–H and O–H groups in total. The van der Waals surface area contributed by atoms with E-state index in [9.17, 15) is 0 Å². The van der Waals surface area contributed by atoms with Crippen LogP contribution in [0.15, 0.2) is 118 Å². The Hall–Kier alpha value is -4.30. The first-order valence-electron chi connectivity index (χ1n) is 13.3. The maximum Gasteiger partial charge on any atom is 0.353 e. The van der Waals surface area contributed by atoms with Crippen LogP contribution in [0, 0.1) is 34.3 Å². The van der Waals surface area contributed by atoms with Crippen LogP contribution in [0.25, 0.3) is 46.6 Å². The van der Waals surface area contributed by atoms with E-state index in [2.05, 4.69) is 109 Å². The zero-order chi connectivity index (χ0) is 33.7. The standard InChI is InChI=1S/C34H28O2.2ClHO4/c1-25-21-31(29-9-5-3-6-10-29)23-33(35-25)19-17-27-13-15-28(16-14-27)18-20-34-24-32(22-26(2)36-34)30-11-7-4-8-12-30;2*2-1(3,4)5/h3-24H,1-2H3;2*(H,2,3,4,5)/q+2;;/p-2/b19-17+,20-18+;;. The first-order valence-corrected chi connectivity index (χ1v) is 15.8. The topological polar surface area (TPSA) is 207 Å². The molecule has 5 aromatic rings. The predicted octanol–water partition coefficient (Wildman–Crippen LogP) is 0.214. The summed E-state index contributed by atoms with van der Waals surface area (Å²) in [7, 11) is -9.89. The molecule has 238 valence electrons. The molecule has 0 radical (unpaired) electrons. The number of hydrogen-bond acceptors (Lipinski definition) is 8. The van der Waals surface area contributed by atoms with Crippen LogP contribution in [0.3, 0.4) is 0 Å². The minimum Gasteiger partial charge on any atom is -0.222 e. The van der Waals surface area contributed by atoms with E-state index in [1.54, 1.807) is 0 Å². The molecule has 10 nitrogen and oxygen atoms in total. The molecule has 5 rings (SSSR count). The Kier molecular flexibility index (Phi) is 13.2. The minimum absolute atomic E-state index is 0.827. The zero-order valence-corrected chi connectivity index (χ0v) is 26.1. The average molecular weight is 667 g/mol. The fourth-order valence-corrected chi connectivity index (χ4v) is 4.15. The van der Waals surface area contributed by atoms with Crippen molar-refractivity contribution in [1.82, 2.24) is 0 Å². The summed E-state index contributed by atoms with van der Waals surface area (Å²) in [5.41, 5.74) is 6.87. The van der Waals surface area contributed by atoms with E-state index in [1.807, 2.05) is 38.1 Å². The lowest BCUT2D eigenvalue weighted by Gasteiger charge is -2.17. The third-order valence-electron chi connectivity index (χ3n) is 5.90. The summed E-state index contributed by atoms with van der Waals surface area (Å²) in [6, 6.07) is 37.4. The van der Waals surface area contributed by atoms with Crippen LogP contribution in [0.1, 0.15) is 34.2 Å². The predicted molar refractivity (Wildman–Crippen MR) is 151 cm³/mol. The molecular weight excluding hydrogens is 639 g/mol. The van der Waals surface area contributed by atoms with Crippen LogP contribution in [0.5, 0.6) is 0 Å². The van der Waals surface area contributed by atoms with Gasteiger partial charge in [-0.1, -0.05) is 84.9 Å². The van der Waals surface area contributed by atoms with Gasteiger partial charge in [0.15, 0.2) is 0 Å². The van der Waals surface area contributed by atoms with Gasteiger partial charge < -0.3 is 0 Å². The molecule has 0 amide bonds. The van der Waals surface area contributed by atoms with Gasteiger partial charge in [0.05, 0.1) is 26.0 Å². The maximum absolute atomic E-state index is 8.49. The van der Waals surface area contributed by atoms with Crippen LogP contribution >= 0.6 is 0 Å². The van der Waals surface area contributed by atoms with Crippen molar-refractivity contribution in [2.75, 3.05) is 0 Å². The average Bonchev–Trinajstić information content (AvgIpc) is 2.98. The van der Waals surface area contributed by atoms with E-state index in [1.165, 1.54) is 11.1 Å². The van der Waals surface area contributed by atoms with Gasteiger partial charge in [-0.15, -0.1) is 20.5 Å². The molecule has 12 heteroatoms. The van der Waals surface area contributed by atoms with Crippen molar-refractivity contribution < 1.29 is 66.6 Å². The van der Waals surface area contributed by atoms with Crippen LogP contribution in [0.2, 0.25) is 0 Å². The minimum atomic E-state index is -4.94. The first kappa shape index (κ1) is 36.2. The van der Waals surface area contributed by atoms with E-state index in [4.69, 9.17) is 46.1 Å². The lowest BCUT2D eigenvalue weighted by atomic mass is 10.1. The van der Waals surface area contributed by atoms with Gasteiger partial charge in [-0.05, 0) is 34.4 Å². The summed E-state index contributed by atoms with van der Waals surface area (Å²) < 4.78 is 79.8. The molecule has 0 aliphatic carbocycles. The van der Waals surface area contributed by atoms with Gasteiger partial charge in [0.1, 0.15) is 0 Å². The van der Waals surface area contributed by atoms with E-state index in [-0.39, 0.29) is 0 Å². The van der Waals surface area contributed by atoms with Gasteiger partial charge >= 0.3 is 23.0 Å². The molecule has 0 aliphatic rings. The number of rotatable bonds is 6. The Balaban J connectivity index is 0.000000503. The van der Waals surface area contributed by atoms with E-state index >= 15 is 0 Å². The SMILES string of the molecule is Cc1cc(-c2ccccc2)cc(/C=C/c2ccc(/C=C/c3cc(-c4ccccc4)cc(C)[o+]3)cc2)[o+]1.[O-][Cl+3]([O-])([O-])[O-].[O-][Cl+3]([O-])([O-])[O-]. The van der Waals surface area contributed by atoms with Gasteiger partial charge in [0, 0.05) is 35.4 Å². The Labute approximate surface area is 269 Å². The van der Waals surface area contributed by atoms with Crippen molar-refractivity contribution in [1.29, 1.82) is 0 Å². The normalized spacial score (nSPS) is 11.5. The van der Waals surface area contributed by atoms with E-state index < -0.39 is 20.5 Å². The summed E-state index contributed by atoms with van der Waals surface area (Å²) in [4.78, 5) is 0. The highest BCUT2D eigenvalue weighted by atomic mass is 35.7. The van der Waals surface area contributed by atoms with Gasteiger partial charge in [-0.3, -0.25) is 0 Å². The molecule has 0 bridgehead atoms. The monoisotopic (exact) mass is 666 g/mol. The van der Waals surface area contributed by atoms with E-state index in [0.717, 1.165) is 45.3 Å². The number of halogens is 2. The molecule has 46 heavy (non-hydrogen) atoms. The molecule has 0 saturated heterocycles. The van der Waals surface area contributed by atoms with Crippen molar-refractivity contribution in [3.8, 4) is 22.3 Å². The first-order chi connectivity index (χ1) is 21.6. The third kappa shape index (κ3) is 14.7. The summed E-state index contributed by atoms with van der Waals surface area (Å²) in [6.45, 7) is 3.96. The van der Waals surface area contributed by atoms with Crippen LogP contribution in [-0.4, -0.2) is 0 Å². The van der Waals surface area contributed by atoms with Gasteiger partial charge in [0.25, 0.3) is 0 Å². The fraction of sp³-hybridized carbons (Fsp3) is 0.0588. The summed E-state index contributed by atoms with van der Waals surface area (Å²) in [6.07, 6.45) is 8.17. The van der Waals surface area contributed by atoms with Crippen molar-refractivity contribution in [2.24, 2.45) is 0 Å². The summed E-state index contributed by atoms with van der Waals surface area (Å²) in [5, 5.41) is 0. The molecule has 0 unspecified atom stereocenters. The van der Waals surface area contributed by atoms with Gasteiger partial charge in [0.2, 0.25) is 0 Å². The van der Waals surface area contributed by atoms with Crippen molar-refractivity contribution >= 4 is 24.3 Å². The molecule has 3 aromatic carbocycles. The highest BCUT2D eigenvalue weighted by Crippen LogP contribution is 2.25. The summed E-state index contributed by atoms with van der Waals surface area (Å²) >= 11 is 0. The van der Waals surface area contributed by atoms with E-state index in [0.29, 0.717) is 0 Å². The lowest BCUT2D eigenvalue weighted by Crippen LogP contribution is -2.68. The molecule has 0 spiro atoms. The highest BCUT2D eigenvalue weighted by Gasteiger charge is 2.12. The Morgan fingerprint density at radius 3 is 1.02 bits per heavy atom. The molecule has 0 fully saturated rings. The molecular formula is C34H28Cl2O10. The quantitative estimate of drug-likeness (QED) is 0.225. The molecule has 0 saturated carbocycles. The molecule has 0 aliphatic heterocycles. The fourth-order valence-electron chi connectivity index (χ4n) is 4.15. The van der Waals surface area contributed by atoms with Crippen molar-refractivity contribution in [3.05, 3.63) is 143 Å². The number of aryl methyl sites for hydroxylation is 2. The second-order valence-electron chi connectivity index (χ2n) is 9.54. The third-order valence-corrected chi connectivity index (χ3v) is 5.90. The number of benzene rings is 3. The second-order valence-corrected chi connectivity index (χ2v) is 11.1. The Morgan fingerprint density at radius 1 is 0.413 bits per heavy atom. The highest BCUT2D eigenvalue weighted by molar-refractivity contribution is 5.74. The Bertz CT molecular complexity index is 1590. The zero-order valence-electron chi connectivity index (χ0n) is 24.5. The Morgan fingerprint density at radius 2 is 0.717 bits per heavy atom. The van der Waals surface area contributed by atoms with Crippen molar-refractivity contribution in [3.63, 3.8) is 0 Å². The van der Waals surface area contributed by atoms with Crippen LogP contribution in [-0.2, 0) is 0 Å². The molecule has 2 heterocycles. The summed E-state index contributed by atoms with van der Waals surface area (Å²) in [5.74, 6) is 3.42. The van der Waals surface area contributed by atoms with Crippen molar-refractivity contribution in [2.45, 2.75) is 13.8 Å². The second kappa shape index (κ2) is 16.9. The molecule has 2 aromatic heterocycles. The van der Waals surface area contributed by atoms with Gasteiger partial charge in [-0.25, -0.2) is 46.1 Å². The smallest absolute Gasteiger partial charge is 0.222 e. The van der Waals surface area contributed by atoms with Gasteiger partial charge in [-0.2, -0.15) is 0 Å². The largest absolute Gasteiger partial charge is 0.353 e. The van der Waals surface area contributed by atoms with Crippen LogP contribution in [0.4, 0.5) is 0 Å². The maximum atomic E-state index is 8.49. The van der Waals surface area contributed by atoms with Crippen LogP contribution < -0.4 is 37.3 Å².